The van der Waals surface area contributed by atoms with Crippen molar-refractivity contribution in [1.29, 1.82) is 0 Å². The van der Waals surface area contributed by atoms with Crippen molar-refractivity contribution in [3.8, 4) is 0 Å². The van der Waals surface area contributed by atoms with Crippen molar-refractivity contribution in [3.63, 3.8) is 0 Å². The standard InChI is InChI=1S/C18H22N2O/c1-3-4-7-15-9-11-16(12-10-15)19-18(21)20-17-8-5-6-14(2)13-17/h5-6,8-13H,3-4,7H2,1-2H3,(H2,19,20,21). The summed E-state index contributed by atoms with van der Waals surface area (Å²) in [4.78, 5) is 11.9. The molecule has 3 heteroatoms. The molecule has 0 aromatic heterocycles. The number of anilines is 2. The van der Waals surface area contributed by atoms with Crippen LogP contribution in [-0.4, -0.2) is 6.03 Å². The first kappa shape index (κ1) is 15.1. The molecule has 21 heavy (non-hydrogen) atoms. The summed E-state index contributed by atoms with van der Waals surface area (Å²) in [5.74, 6) is 0. The van der Waals surface area contributed by atoms with Crippen LogP contribution in [0, 0.1) is 6.92 Å². The molecule has 0 aliphatic rings. The molecule has 2 aromatic rings. The van der Waals surface area contributed by atoms with Gasteiger partial charge in [-0.05, 0) is 55.2 Å². The molecule has 0 spiro atoms. The molecule has 0 atom stereocenters. The Bertz CT molecular complexity index is 590. The van der Waals surface area contributed by atoms with Crippen molar-refractivity contribution in [1.82, 2.24) is 0 Å². The third-order valence-electron chi connectivity index (χ3n) is 3.31. The van der Waals surface area contributed by atoms with E-state index in [0.717, 1.165) is 23.4 Å². The molecule has 0 saturated heterocycles. The molecule has 0 aliphatic carbocycles. The third-order valence-corrected chi connectivity index (χ3v) is 3.31. The van der Waals surface area contributed by atoms with E-state index in [1.807, 2.05) is 43.3 Å². The number of nitrogens with one attached hydrogen (secondary N) is 2. The van der Waals surface area contributed by atoms with Crippen molar-refractivity contribution in [2.45, 2.75) is 33.1 Å². The number of unbranched alkanes of at least 4 members (excludes halogenated alkanes) is 1. The highest BCUT2D eigenvalue weighted by Crippen LogP contribution is 2.13. The molecule has 0 heterocycles. The maximum Gasteiger partial charge on any atom is 0.323 e. The molecule has 2 N–H and O–H groups in total. The van der Waals surface area contributed by atoms with Gasteiger partial charge in [-0.3, -0.25) is 0 Å². The summed E-state index contributed by atoms with van der Waals surface area (Å²) < 4.78 is 0. The number of amides is 2. The molecule has 0 aliphatic heterocycles. The number of aryl methyl sites for hydroxylation is 2. The summed E-state index contributed by atoms with van der Waals surface area (Å²) in [6.07, 6.45) is 3.48. The molecular weight excluding hydrogens is 260 g/mol. The van der Waals surface area contributed by atoms with E-state index < -0.39 is 0 Å². The molecule has 110 valence electrons. The fraction of sp³-hybridized carbons (Fsp3) is 0.278. The van der Waals surface area contributed by atoms with Crippen LogP contribution in [0.3, 0.4) is 0 Å². The SMILES string of the molecule is CCCCc1ccc(NC(=O)Nc2cccc(C)c2)cc1. The highest BCUT2D eigenvalue weighted by molar-refractivity contribution is 5.99. The Kier molecular flexibility index (Phi) is 5.38. The Morgan fingerprint density at radius 3 is 2.38 bits per heavy atom. The van der Waals surface area contributed by atoms with E-state index in [0.29, 0.717) is 0 Å². The Balaban J connectivity index is 1.90. The second-order valence-corrected chi connectivity index (χ2v) is 5.25. The predicted octanol–water partition coefficient (Wildman–Crippen LogP) is 4.98. The van der Waals surface area contributed by atoms with Crippen LogP contribution in [0.5, 0.6) is 0 Å². The lowest BCUT2D eigenvalue weighted by molar-refractivity contribution is 0.262. The zero-order chi connectivity index (χ0) is 15.1. The second kappa shape index (κ2) is 7.48. The number of hydrogen-bond donors (Lipinski definition) is 2. The molecule has 0 unspecified atom stereocenters. The van der Waals surface area contributed by atoms with Crippen molar-refractivity contribution < 1.29 is 4.79 Å². The van der Waals surface area contributed by atoms with Gasteiger partial charge in [0.1, 0.15) is 0 Å². The van der Waals surface area contributed by atoms with Crippen LogP contribution in [0.2, 0.25) is 0 Å². The van der Waals surface area contributed by atoms with E-state index >= 15 is 0 Å². The maximum atomic E-state index is 11.9. The van der Waals surface area contributed by atoms with Crippen LogP contribution < -0.4 is 10.6 Å². The van der Waals surface area contributed by atoms with Gasteiger partial charge in [0.05, 0.1) is 0 Å². The van der Waals surface area contributed by atoms with Crippen LogP contribution in [-0.2, 0) is 6.42 Å². The van der Waals surface area contributed by atoms with Gasteiger partial charge in [-0.2, -0.15) is 0 Å². The minimum absolute atomic E-state index is 0.220. The number of urea groups is 1. The summed E-state index contributed by atoms with van der Waals surface area (Å²) in [5.41, 5.74) is 4.03. The smallest absolute Gasteiger partial charge is 0.308 e. The van der Waals surface area contributed by atoms with Gasteiger partial charge in [-0.25, -0.2) is 4.79 Å². The molecule has 3 nitrogen and oxygen atoms in total. The second-order valence-electron chi connectivity index (χ2n) is 5.25. The minimum atomic E-state index is -0.220. The fourth-order valence-electron chi connectivity index (χ4n) is 2.15. The molecule has 2 aromatic carbocycles. The first-order valence-corrected chi connectivity index (χ1v) is 7.41. The number of rotatable bonds is 5. The zero-order valence-corrected chi connectivity index (χ0v) is 12.6. The van der Waals surface area contributed by atoms with E-state index in [1.165, 1.54) is 18.4 Å². The highest BCUT2D eigenvalue weighted by atomic mass is 16.2. The molecule has 2 amide bonds. The van der Waals surface area contributed by atoms with Crippen LogP contribution in [0.1, 0.15) is 30.9 Å². The van der Waals surface area contributed by atoms with Crippen molar-refractivity contribution in [2.24, 2.45) is 0 Å². The average Bonchev–Trinajstić information content (AvgIpc) is 2.46. The van der Waals surface area contributed by atoms with Gasteiger partial charge in [0, 0.05) is 11.4 Å². The van der Waals surface area contributed by atoms with E-state index in [9.17, 15) is 4.79 Å². The molecule has 0 saturated carbocycles. The monoisotopic (exact) mass is 282 g/mol. The molecular formula is C18H22N2O. The minimum Gasteiger partial charge on any atom is -0.308 e. The van der Waals surface area contributed by atoms with Crippen molar-refractivity contribution in [3.05, 3.63) is 59.7 Å². The Morgan fingerprint density at radius 2 is 1.71 bits per heavy atom. The van der Waals surface area contributed by atoms with Crippen molar-refractivity contribution >= 4 is 17.4 Å². The van der Waals surface area contributed by atoms with Gasteiger partial charge in [-0.1, -0.05) is 37.6 Å². The topological polar surface area (TPSA) is 41.1 Å². The Labute approximate surface area is 126 Å². The Hall–Kier alpha value is -2.29. The van der Waals surface area contributed by atoms with Gasteiger partial charge in [0.15, 0.2) is 0 Å². The van der Waals surface area contributed by atoms with Crippen molar-refractivity contribution in [2.75, 3.05) is 10.6 Å². The molecule has 2 rings (SSSR count). The third kappa shape index (κ3) is 4.95. The summed E-state index contributed by atoms with van der Waals surface area (Å²) in [5, 5.41) is 5.67. The normalized spacial score (nSPS) is 10.2. The summed E-state index contributed by atoms with van der Waals surface area (Å²) >= 11 is 0. The number of carbonyl (C=O) groups is 1. The van der Waals surface area contributed by atoms with E-state index in [4.69, 9.17) is 0 Å². The summed E-state index contributed by atoms with van der Waals surface area (Å²) in [6, 6.07) is 15.5. The van der Waals surface area contributed by atoms with Gasteiger partial charge in [-0.15, -0.1) is 0 Å². The van der Waals surface area contributed by atoms with Crippen LogP contribution >= 0.6 is 0 Å². The van der Waals surface area contributed by atoms with E-state index in [1.54, 1.807) is 0 Å². The lowest BCUT2D eigenvalue weighted by Crippen LogP contribution is -2.19. The van der Waals surface area contributed by atoms with Crippen LogP contribution in [0.15, 0.2) is 48.5 Å². The predicted molar refractivity (Wildman–Crippen MR) is 88.9 cm³/mol. The first-order chi connectivity index (χ1) is 10.2. The quantitative estimate of drug-likeness (QED) is 0.797. The highest BCUT2D eigenvalue weighted by Gasteiger charge is 2.03. The van der Waals surface area contributed by atoms with Gasteiger partial charge >= 0.3 is 6.03 Å². The number of carbonyl (C=O) groups excluding carboxylic acids is 1. The summed E-state index contributed by atoms with van der Waals surface area (Å²) in [7, 11) is 0. The largest absolute Gasteiger partial charge is 0.323 e. The molecule has 0 bridgehead atoms. The Morgan fingerprint density at radius 1 is 1.00 bits per heavy atom. The lowest BCUT2D eigenvalue weighted by atomic mass is 10.1. The summed E-state index contributed by atoms with van der Waals surface area (Å²) in [6.45, 7) is 4.18. The van der Waals surface area contributed by atoms with E-state index in [2.05, 4.69) is 29.7 Å². The average molecular weight is 282 g/mol. The van der Waals surface area contributed by atoms with Crippen LogP contribution in [0.4, 0.5) is 16.2 Å². The van der Waals surface area contributed by atoms with E-state index in [-0.39, 0.29) is 6.03 Å². The van der Waals surface area contributed by atoms with Crippen LogP contribution in [0.25, 0.3) is 0 Å². The maximum absolute atomic E-state index is 11.9. The molecule has 0 radical (unpaired) electrons. The van der Waals surface area contributed by atoms with Gasteiger partial charge < -0.3 is 10.6 Å². The van der Waals surface area contributed by atoms with Gasteiger partial charge in [0.2, 0.25) is 0 Å². The number of hydrogen-bond acceptors (Lipinski definition) is 1. The fourth-order valence-corrected chi connectivity index (χ4v) is 2.15. The zero-order valence-electron chi connectivity index (χ0n) is 12.6. The molecule has 0 fully saturated rings. The first-order valence-electron chi connectivity index (χ1n) is 7.41. The number of benzene rings is 2. The lowest BCUT2D eigenvalue weighted by Gasteiger charge is -2.09. The van der Waals surface area contributed by atoms with Gasteiger partial charge in [0.25, 0.3) is 0 Å².